The second kappa shape index (κ2) is 8.43. The van der Waals surface area contributed by atoms with Gasteiger partial charge < -0.3 is 9.47 Å². The molecule has 0 amide bonds. The maximum Gasteiger partial charge on any atom is 0.316 e. The molecule has 0 radical (unpaired) electrons. The highest BCUT2D eigenvalue weighted by molar-refractivity contribution is 7.89. The average molecular weight is 404 g/mol. The fourth-order valence-corrected chi connectivity index (χ4v) is 4.51. The summed E-state index contributed by atoms with van der Waals surface area (Å²) in [6.07, 6.45) is 0. The van der Waals surface area contributed by atoms with E-state index >= 15 is 0 Å². The Morgan fingerprint density at radius 3 is 2.43 bits per heavy atom. The zero-order chi connectivity index (χ0) is 20.2. The molecule has 6 nitrogen and oxygen atoms in total. The first kappa shape index (κ1) is 20.5. The molecular formula is C21H25NO5S. The molecule has 2 aromatic rings. The average Bonchev–Trinajstić information content (AvgIpc) is 2.73. The summed E-state index contributed by atoms with van der Waals surface area (Å²) >= 11 is 0. The van der Waals surface area contributed by atoms with E-state index in [0.29, 0.717) is 31.9 Å². The number of morpholine rings is 1. The lowest BCUT2D eigenvalue weighted by molar-refractivity contribution is -0.150. The van der Waals surface area contributed by atoms with Crippen molar-refractivity contribution in [3.63, 3.8) is 0 Å². The lowest BCUT2D eigenvalue weighted by Gasteiger charge is -2.26. The second-order valence-electron chi connectivity index (χ2n) is 7.23. The summed E-state index contributed by atoms with van der Waals surface area (Å²) in [5.74, 6) is -0.361. The van der Waals surface area contributed by atoms with E-state index in [9.17, 15) is 13.2 Å². The number of hydrogen-bond donors (Lipinski definition) is 0. The van der Waals surface area contributed by atoms with Gasteiger partial charge in [-0.05, 0) is 37.1 Å². The van der Waals surface area contributed by atoms with Crippen LogP contribution in [0, 0.1) is 0 Å². The van der Waals surface area contributed by atoms with Crippen molar-refractivity contribution in [2.45, 2.75) is 30.8 Å². The number of carbonyl (C=O) groups is 1. The summed E-state index contributed by atoms with van der Waals surface area (Å²) in [7, 11) is -3.58. The minimum atomic E-state index is -3.58. The number of benzene rings is 2. The molecule has 28 heavy (non-hydrogen) atoms. The summed E-state index contributed by atoms with van der Waals surface area (Å²) in [5.41, 5.74) is 0.703. The fraction of sp³-hybridized carbons (Fsp3) is 0.381. The van der Waals surface area contributed by atoms with Gasteiger partial charge >= 0.3 is 5.97 Å². The van der Waals surface area contributed by atoms with Crippen molar-refractivity contribution in [3.05, 3.63) is 65.7 Å². The molecule has 0 atom stereocenters. The van der Waals surface area contributed by atoms with Crippen LogP contribution in [-0.2, 0) is 36.3 Å². The molecule has 1 aliphatic rings. The van der Waals surface area contributed by atoms with Crippen molar-refractivity contribution in [2.75, 3.05) is 26.3 Å². The number of nitrogens with zero attached hydrogens (tertiary/aromatic N) is 1. The first-order valence-electron chi connectivity index (χ1n) is 9.21. The normalized spacial score (nSPS) is 15.9. The van der Waals surface area contributed by atoms with Crippen LogP contribution in [0.5, 0.6) is 0 Å². The maximum absolute atomic E-state index is 12.8. The molecule has 1 fully saturated rings. The molecule has 7 heteroatoms. The SMILES string of the molecule is CC(C)(C(=O)OCc1cccc(S(=O)(=O)N2CCOCC2)c1)c1ccccc1. The molecule has 1 aliphatic heterocycles. The topological polar surface area (TPSA) is 72.9 Å². The van der Waals surface area contributed by atoms with Gasteiger partial charge in [0.05, 0.1) is 23.5 Å². The monoisotopic (exact) mass is 403 g/mol. The molecule has 0 saturated carbocycles. The zero-order valence-electron chi connectivity index (χ0n) is 16.1. The molecule has 0 bridgehead atoms. The molecule has 0 spiro atoms. The molecular weight excluding hydrogens is 378 g/mol. The largest absolute Gasteiger partial charge is 0.460 e. The van der Waals surface area contributed by atoms with Gasteiger partial charge in [-0.25, -0.2) is 8.42 Å². The van der Waals surface area contributed by atoms with E-state index in [1.165, 1.54) is 4.31 Å². The highest BCUT2D eigenvalue weighted by Gasteiger charge is 2.31. The zero-order valence-corrected chi connectivity index (χ0v) is 16.9. The fourth-order valence-electron chi connectivity index (χ4n) is 3.03. The van der Waals surface area contributed by atoms with Crippen molar-refractivity contribution in [3.8, 4) is 0 Å². The third kappa shape index (κ3) is 4.43. The molecule has 0 aliphatic carbocycles. The van der Waals surface area contributed by atoms with Crippen LogP contribution in [0.4, 0.5) is 0 Å². The van der Waals surface area contributed by atoms with E-state index < -0.39 is 15.4 Å². The quantitative estimate of drug-likeness (QED) is 0.694. The van der Waals surface area contributed by atoms with Gasteiger partial charge in [-0.15, -0.1) is 0 Å². The van der Waals surface area contributed by atoms with E-state index in [-0.39, 0.29) is 17.5 Å². The summed E-state index contributed by atoms with van der Waals surface area (Å²) in [6, 6.07) is 16.0. The lowest BCUT2D eigenvalue weighted by atomic mass is 9.85. The molecule has 0 aromatic heterocycles. The van der Waals surface area contributed by atoms with Crippen molar-refractivity contribution < 1.29 is 22.7 Å². The van der Waals surface area contributed by atoms with Gasteiger partial charge in [-0.1, -0.05) is 42.5 Å². The summed E-state index contributed by atoms with van der Waals surface area (Å²) in [6.45, 7) is 5.10. The Morgan fingerprint density at radius 2 is 1.75 bits per heavy atom. The Kier molecular flexibility index (Phi) is 6.17. The van der Waals surface area contributed by atoms with Crippen LogP contribution in [0.25, 0.3) is 0 Å². The van der Waals surface area contributed by atoms with Crippen molar-refractivity contribution in [1.29, 1.82) is 0 Å². The minimum absolute atomic E-state index is 0.0154. The molecule has 1 heterocycles. The van der Waals surface area contributed by atoms with E-state index in [1.54, 1.807) is 24.3 Å². The van der Waals surface area contributed by atoms with E-state index in [0.717, 1.165) is 5.56 Å². The van der Waals surface area contributed by atoms with Crippen LogP contribution in [0.2, 0.25) is 0 Å². The maximum atomic E-state index is 12.8. The highest BCUT2D eigenvalue weighted by Crippen LogP contribution is 2.25. The number of rotatable bonds is 6. The van der Waals surface area contributed by atoms with Crippen LogP contribution < -0.4 is 0 Å². The molecule has 2 aromatic carbocycles. The smallest absolute Gasteiger partial charge is 0.316 e. The number of carbonyl (C=O) groups excluding carboxylic acids is 1. The lowest BCUT2D eigenvalue weighted by Crippen LogP contribution is -2.40. The highest BCUT2D eigenvalue weighted by atomic mass is 32.2. The van der Waals surface area contributed by atoms with E-state index in [1.807, 2.05) is 44.2 Å². The van der Waals surface area contributed by atoms with Gasteiger partial charge in [0.2, 0.25) is 10.0 Å². The first-order valence-corrected chi connectivity index (χ1v) is 10.7. The number of ether oxygens (including phenoxy) is 2. The third-order valence-corrected chi connectivity index (χ3v) is 6.78. The van der Waals surface area contributed by atoms with Crippen LogP contribution in [-0.4, -0.2) is 45.0 Å². The molecule has 150 valence electrons. The Balaban J connectivity index is 1.70. The van der Waals surface area contributed by atoms with Crippen LogP contribution in [0.15, 0.2) is 59.5 Å². The Morgan fingerprint density at radius 1 is 1.07 bits per heavy atom. The minimum Gasteiger partial charge on any atom is -0.460 e. The standard InChI is InChI=1S/C21H25NO5S/c1-21(2,18-8-4-3-5-9-18)20(23)27-16-17-7-6-10-19(15-17)28(24,25)22-11-13-26-14-12-22/h3-10,15H,11-14,16H2,1-2H3. The van der Waals surface area contributed by atoms with E-state index in [4.69, 9.17) is 9.47 Å². The van der Waals surface area contributed by atoms with Crippen molar-refractivity contribution >= 4 is 16.0 Å². The molecule has 1 saturated heterocycles. The Bertz CT molecular complexity index is 919. The van der Waals surface area contributed by atoms with Crippen molar-refractivity contribution in [1.82, 2.24) is 4.31 Å². The van der Waals surface area contributed by atoms with Gasteiger partial charge in [-0.3, -0.25) is 4.79 Å². The van der Waals surface area contributed by atoms with E-state index in [2.05, 4.69) is 0 Å². The van der Waals surface area contributed by atoms with Gasteiger partial charge in [0.15, 0.2) is 0 Å². The summed E-state index contributed by atoms with van der Waals surface area (Å²) < 4.78 is 37.7. The third-order valence-electron chi connectivity index (χ3n) is 4.88. The van der Waals surface area contributed by atoms with Crippen LogP contribution in [0.1, 0.15) is 25.0 Å². The summed E-state index contributed by atoms with van der Waals surface area (Å²) in [5, 5.41) is 0. The molecule has 3 rings (SSSR count). The predicted octanol–water partition coefficient (Wildman–Crippen LogP) is 2.73. The van der Waals surface area contributed by atoms with Crippen LogP contribution >= 0.6 is 0 Å². The molecule has 0 N–H and O–H groups in total. The number of esters is 1. The van der Waals surface area contributed by atoms with Gasteiger partial charge in [0, 0.05) is 13.1 Å². The van der Waals surface area contributed by atoms with Gasteiger partial charge in [0.25, 0.3) is 0 Å². The van der Waals surface area contributed by atoms with Crippen LogP contribution in [0.3, 0.4) is 0 Å². The first-order chi connectivity index (χ1) is 13.3. The second-order valence-corrected chi connectivity index (χ2v) is 9.17. The van der Waals surface area contributed by atoms with Gasteiger partial charge in [0.1, 0.15) is 6.61 Å². The summed E-state index contributed by atoms with van der Waals surface area (Å²) in [4.78, 5) is 12.8. The number of hydrogen-bond acceptors (Lipinski definition) is 5. The molecule has 0 unspecified atom stereocenters. The Hall–Kier alpha value is -2.22. The van der Waals surface area contributed by atoms with Crippen molar-refractivity contribution in [2.24, 2.45) is 0 Å². The predicted molar refractivity (Wildman–Crippen MR) is 105 cm³/mol. The Labute approximate surface area is 166 Å². The van der Waals surface area contributed by atoms with Gasteiger partial charge in [-0.2, -0.15) is 4.31 Å². The number of sulfonamides is 1.